The molecule has 1 aromatic heterocycles. The molecule has 2 aliphatic heterocycles. The van der Waals surface area contributed by atoms with Gasteiger partial charge in [0.05, 0.1) is 12.0 Å². The first-order valence-electron chi connectivity index (χ1n) is 11.3. The SMILES string of the molecule is O=C1CCc2c(Oc3ccc4c(c3)CN(C(=O)Cc3cccc(C(F)(F)F)c3)CC4)ccnc2N1. The number of aromatic nitrogens is 1. The fourth-order valence-electron chi connectivity index (χ4n) is 4.43. The van der Waals surface area contributed by atoms with Crippen molar-refractivity contribution >= 4 is 17.6 Å². The zero-order valence-corrected chi connectivity index (χ0v) is 18.7. The smallest absolute Gasteiger partial charge is 0.416 e. The van der Waals surface area contributed by atoms with Gasteiger partial charge in [-0.15, -0.1) is 0 Å². The molecule has 5 rings (SSSR count). The third-order valence-electron chi connectivity index (χ3n) is 6.25. The number of fused-ring (bicyclic) bond motifs is 2. The number of carbonyl (C=O) groups is 2. The maximum atomic E-state index is 13.0. The molecule has 0 fully saturated rings. The Labute approximate surface area is 199 Å². The van der Waals surface area contributed by atoms with Gasteiger partial charge in [-0.25, -0.2) is 4.98 Å². The average Bonchev–Trinajstić information content (AvgIpc) is 2.83. The highest BCUT2D eigenvalue weighted by molar-refractivity contribution is 5.93. The van der Waals surface area contributed by atoms with Crippen molar-refractivity contribution in [2.75, 3.05) is 11.9 Å². The highest BCUT2D eigenvalue weighted by atomic mass is 19.4. The minimum atomic E-state index is -4.45. The third kappa shape index (κ3) is 4.99. The molecular formula is C26H22F3N3O3. The van der Waals surface area contributed by atoms with Gasteiger partial charge in [0.1, 0.15) is 17.3 Å². The molecule has 3 heterocycles. The van der Waals surface area contributed by atoms with Crippen LogP contribution < -0.4 is 10.1 Å². The van der Waals surface area contributed by atoms with E-state index in [1.54, 1.807) is 17.2 Å². The molecule has 35 heavy (non-hydrogen) atoms. The predicted molar refractivity (Wildman–Crippen MR) is 122 cm³/mol. The number of hydrogen-bond acceptors (Lipinski definition) is 4. The van der Waals surface area contributed by atoms with E-state index in [-0.39, 0.29) is 18.2 Å². The van der Waals surface area contributed by atoms with Crippen molar-refractivity contribution in [1.29, 1.82) is 0 Å². The molecule has 0 bridgehead atoms. The molecule has 0 saturated heterocycles. The standard InChI is InChI=1S/C26H22F3N3O3/c27-26(28,29)19-3-1-2-16(12-19)13-24(34)32-11-9-17-4-5-20(14-18(17)15-32)35-22-8-10-30-25-21(22)6-7-23(33)31-25/h1-5,8,10,12,14H,6-7,9,11,13,15H2,(H,30,31,33). The Morgan fingerprint density at radius 2 is 1.91 bits per heavy atom. The maximum Gasteiger partial charge on any atom is 0.416 e. The van der Waals surface area contributed by atoms with E-state index in [0.29, 0.717) is 55.2 Å². The van der Waals surface area contributed by atoms with E-state index < -0.39 is 11.7 Å². The summed E-state index contributed by atoms with van der Waals surface area (Å²) in [4.78, 5) is 30.4. The molecule has 180 valence electrons. The monoisotopic (exact) mass is 481 g/mol. The van der Waals surface area contributed by atoms with Crippen molar-refractivity contribution < 1.29 is 27.5 Å². The van der Waals surface area contributed by atoms with Crippen LogP contribution in [-0.2, 0) is 41.6 Å². The van der Waals surface area contributed by atoms with Crippen molar-refractivity contribution in [2.45, 2.75) is 38.4 Å². The second kappa shape index (κ2) is 9.05. The fourth-order valence-corrected chi connectivity index (χ4v) is 4.43. The van der Waals surface area contributed by atoms with Crippen molar-refractivity contribution in [3.8, 4) is 11.5 Å². The van der Waals surface area contributed by atoms with E-state index in [1.807, 2.05) is 18.2 Å². The van der Waals surface area contributed by atoms with Crippen LogP contribution in [0.25, 0.3) is 0 Å². The fraction of sp³-hybridized carbons (Fsp3) is 0.269. The molecule has 0 atom stereocenters. The van der Waals surface area contributed by atoms with Gasteiger partial charge in [-0.2, -0.15) is 13.2 Å². The first-order valence-corrected chi connectivity index (χ1v) is 11.3. The Balaban J connectivity index is 1.30. The van der Waals surface area contributed by atoms with Gasteiger partial charge in [0.2, 0.25) is 11.8 Å². The lowest BCUT2D eigenvalue weighted by molar-refractivity contribution is -0.138. The molecule has 0 saturated carbocycles. The number of rotatable bonds is 4. The number of carbonyl (C=O) groups excluding carboxylic acids is 2. The molecule has 6 nitrogen and oxygen atoms in total. The Kier molecular flexibility index (Phi) is 5.92. The molecule has 2 aromatic carbocycles. The minimum Gasteiger partial charge on any atom is -0.457 e. The summed E-state index contributed by atoms with van der Waals surface area (Å²) in [5.41, 5.74) is 2.45. The molecule has 2 amide bonds. The van der Waals surface area contributed by atoms with E-state index in [4.69, 9.17) is 4.74 Å². The molecule has 0 spiro atoms. The van der Waals surface area contributed by atoms with Crippen LogP contribution in [0, 0.1) is 0 Å². The highest BCUT2D eigenvalue weighted by Crippen LogP contribution is 2.34. The van der Waals surface area contributed by atoms with Crippen LogP contribution >= 0.6 is 0 Å². The van der Waals surface area contributed by atoms with E-state index >= 15 is 0 Å². The lowest BCUT2D eigenvalue weighted by Crippen LogP contribution is -2.36. The van der Waals surface area contributed by atoms with Crippen molar-refractivity contribution in [1.82, 2.24) is 9.88 Å². The predicted octanol–water partition coefficient (Wildman–Crippen LogP) is 4.90. The van der Waals surface area contributed by atoms with Crippen LogP contribution in [0.5, 0.6) is 11.5 Å². The number of ether oxygens (including phenoxy) is 1. The highest BCUT2D eigenvalue weighted by Gasteiger charge is 2.31. The summed E-state index contributed by atoms with van der Waals surface area (Å²) in [5.74, 6) is 1.42. The van der Waals surface area contributed by atoms with Crippen LogP contribution in [-0.4, -0.2) is 28.2 Å². The second-order valence-electron chi connectivity index (χ2n) is 8.66. The number of pyridine rings is 1. The maximum absolute atomic E-state index is 13.0. The number of benzene rings is 2. The summed E-state index contributed by atoms with van der Waals surface area (Å²) in [6.45, 7) is 0.859. The zero-order valence-electron chi connectivity index (χ0n) is 18.7. The average molecular weight is 481 g/mol. The zero-order chi connectivity index (χ0) is 24.6. The van der Waals surface area contributed by atoms with Gasteiger partial charge in [0.15, 0.2) is 0 Å². The van der Waals surface area contributed by atoms with Gasteiger partial charge in [-0.3, -0.25) is 9.59 Å². The van der Waals surface area contributed by atoms with Crippen LogP contribution in [0.4, 0.5) is 19.0 Å². The van der Waals surface area contributed by atoms with E-state index in [1.165, 1.54) is 12.1 Å². The van der Waals surface area contributed by atoms with E-state index in [0.717, 1.165) is 28.8 Å². The largest absolute Gasteiger partial charge is 0.457 e. The molecule has 0 radical (unpaired) electrons. The number of alkyl halides is 3. The quantitative estimate of drug-likeness (QED) is 0.575. The van der Waals surface area contributed by atoms with Gasteiger partial charge < -0.3 is 15.0 Å². The molecular weight excluding hydrogens is 459 g/mol. The number of anilines is 1. The lowest BCUT2D eigenvalue weighted by Gasteiger charge is -2.29. The second-order valence-corrected chi connectivity index (χ2v) is 8.66. The normalized spacial score (nSPS) is 15.2. The van der Waals surface area contributed by atoms with Gasteiger partial charge >= 0.3 is 6.18 Å². The summed E-state index contributed by atoms with van der Waals surface area (Å²) in [6.07, 6.45) is -1.41. The van der Waals surface area contributed by atoms with Gasteiger partial charge in [-0.05, 0) is 53.8 Å². The summed E-state index contributed by atoms with van der Waals surface area (Å²) < 4.78 is 45.1. The minimum absolute atomic E-state index is 0.0779. The Hall–Kier alpha value is -3.88. The molecule has 0 unspecified atom stereocenters. The van der Waals surface area contributed by atoms with Crippen LogP contribution in [0.3, 0.4) is 0 Å². The number of nitrogens with one attached hydrogen (secondary N) is 1. The third-order valence-corrected chi connectivity index (χ3v) is 6.25. The first kappa shape index (κ1) is 22.9. The molecule has 2 aliphatic rings. The summed E-state index contributed by atoms with van der Waals surface area (Å²) >= 11 is 0. The molecule has 1 N–H and O–H groups in total. The van der Waals surface area contributed by atoms with Crippen LogP contribution in [0.2, 0.25) is 0 Å². The Morgan fingerprint density at radius 3 is 2.74 bits per heavy atom. The van der Waals surface area contributed by atoms with Crippen molar-refractivity contribution in [2.24, 2.45) is 0 Å². The lowest BCUT2D eigenvalue weighted by atomic mass is 9.98. The van der Waals surface area contributed by atoms with Crippen LogP contribution in [0.1, 0.15) is 34.2 Å². The first-order chi connectivity index (χ1) is 16.8. The molecule has 0 aliphatic carbocycles. The Morgan fingerprint density at radius 1 is 1.06 bits per heavy atom. The number of nitrogens with zero attached hydrogens (tertiary/aromatic N) is 2. The van der Waals surface area contributed by atoms with Gasteiger partial charge in [0, 0.05) is 31.3 Å². The number of halogens is 3. The summed E-state index contributed by atoms with van der Waals surface area (Å²) in [7, 11) is 0. The summed E-state index contributed by atoms with van der Waals surface area (Å²) in [5, 5.41) is 2.75. The van der Waals surface area contributed by atoms with Crippen molar-refractivity contribution in [3.05, 3.63) is 82.5 Å². The van der Waals surface area contributed by atoms with Gasteiger partial charge in [-0.1, -0.05) is 24.3 Å². The van der Waals surface area contributed by atoms with Crippen molar-refractivity contribution in [3.63, 3.8) is 0 Å². The molecule has 9 heteroatoms. The van der Waals surface area contributed by atoms with Crippen LogP contribution in [0.15, 0.2) is 54.7 Å². The Bertz CT molecular complexity index is 1310. The van der Waals surface area contributed by atoms with E-state index in [9.17, 15) is 22.8 Å². The van der Waals surface area contributed by atoms with Gasteiger partial charge in [0.25, 0.3) is 0 Å². The molecule has 3 aromatic rings. The summed E-state index contributed by atoms with van der Waals surface area (Å²) in [6, 6.07) is 12.4. The number of hydrogen-bond donors (Lipinski definition) is 1. The van der Waals surface area contributed by atoms with E-state index in [2.05, 4.69) is 10.3 Å². The topological polar surface area (TPSA) is 71.5 Å². The number of amides is 2.